The van der Waals surface area contributed by atoms with Gasteiger partial charge in [0.2, 0.25) is 0 Å². The van der Waals surface area contributed by atoms with Crippen molar-refractivity contribution in [2.45, 2.75) is 13.8 Å². The zero-order valence-corrected chi connectivity index (χ0v) is 16.0. The number of hydrogen-bond donors (Lipinski definition) is 0. The molecule has 0 N–H and O–H groups in total. The van der Waals surface area contributed by atoms with Crippen molar-refractivity contribution in [1.82, 2.24) is 4.57 Å². The van der Waals surface area contributed by atoms with Crippen LogP contribution < -0.4 is 15.9 Å². The van der Waals surface area contributed by atoms with Crippen LogP contribution in [0.3, 0.4) is 0 Å². The molecule has 0 saturated carbocycles. The van der Waals surface area contributed by atoms with Crippen molar-refractivity contribution in [3.8, 4) is 5.69 Å². The first-order valence-electron chi connectivity index (χ1n) is 8.90. The maximum atomic E-state index is 2.37. The molecule has 3 aromatic carbocycles. The Morgan fingerprint density at radius 1 is 0.538 bits per heavy atom. The molecule has 0 aliphatic rings. The van der Waals surface area contributed by atoms with Gasteiger partial charge in [-0.1, -0.05) is 78.9 Å². The van der Waals surface area contributed by atoms with Gasteiger partial charge in [-0.05, 0) is 50.6 Å². The highest BCUT2D eigenvalue weighted by molar-refractivity contribution is 7.80. The van der Waals surface area contributed by atoms with Crippen LogP contribution in [0, 0.1) is 13.8 Å². The first kappa shape index (κ1) is 16.8. The van der Waals surface area contributed by atoms with Gasteiger partial charge in [0.05, 0.1) is 5.69 Å². The molecule has 0 unspecified atom stereocenters. The number of aromatic nitrogens is 1. The molecule has 0 radical (unpaired) electrons. The monoisotopic (exact) mass is 355 g/mol. The van der Waals surface area contributed by atoms with Crippen molar-refractivity contribution >= 4 is 23.8 Å². The number of rotatable bonds is 4. The summed E-state index contributed by atoms with van der Waals surface area (Å²) < 4.78 is 2.37. The van der Waals surface area contributed by atoms with E-state index in [-0.39, 0.29) is 0 Å². The minimum atomic E-state index is -0.617. The van der Waals surface area contributed by atoms with Crippen LogP contribution in [0.1, 0.15) is 11.4 Å². The minimum absolute atomic E-state index is 0.617. The summed E-state index contributed by atoms with van der Waals surface area (Å²) in [4.78, 5) is 0. The molecule has 1 heterocycles. The average molecular weight is 355 g/mol. The van der Waals surface area contributed by atoms with Crippen molar-refractivity contribution in [3.63, 3.8) is 0 Å². The molecule has 4 rings (SSSR count). The summed E-state index contributed by atoms with van der Waals surface area (Å²) >= 11 is 0. The molecule has 0 saturated heterocycles. The van der Waals surface area contributed by atoms with E-state index in [9.17, 15) is 0 Å². The lowest BCUT2D eigenvalue weighted by Gasteiger charge is -2.24. The van der Waals surface area contributed by atoms with Crippen LogP contribution in [0.5, 0.6) is 0 Å². The van der Waals surface area contributed by atoms with E-state index in [2.05, 4.69) is 115 Å². The second-order valence-electron chi connectivity index (χ2n) is 6.45. The lowest BCUT2D eigenvalue weighted by atomic mass is 10.3. The highest BCUT2D eigenvalue weighted by atomic mass is 31.1. The molecule has 1 aromatic heterocycles. The Hall–Kier alpha value is -2.63. The largest absolute Gasteiger partial charge is 0.318 e. The van der Waals surface area contributed by atoms with Gasteiger partial charge in [-0.2, -0.15) is 0 Å². The Morgan fingerprint density at radius 2 is 1.00 bits per heavy atom. The van der Waals surface area contributed by atoms with Crippen LogP contribution in [0.15, 0.2) is 97.1 Å². The Morgan fingerprint density at radius 3 is 1.54 bits per heavy atom. The van der Waals surface area contributed by atoms with Gasteiger partial charge in [-0.25, -0.2) is 0 Å². The molecule has 0 aliphatic carbocycles. The number of hydrogen-bond acceptors (Lipinski definition) is 0. The van der Waals surface area contributed by atoms with Crippen LogP contribution in [-0.4, -0.2) is 4.57 Å². The van der Waals surface area contributed by atoms with Gasteiger partial charge in [0.1, 0.15) is 0 Å². The Labute approximate surface area is 156 Å². The standard InChI is InChI=1S/C24H22NP/c1-19-17-18-20(2)25(19)23-15-9-10-16-24(23)26(21-11-5-3-6-12-21)22-13-7-4-8-14-22/h3-18H,1-2H3. The zero-order chi connectivity index (χ0) is 17.9. The maximum absolute atomic E-state index is 2.37. The molecule has 0 bridgehead atoms. The van der Waals surface area contributed by atoms with E-state index < -0.39 is 7.92 Å². The quantitative estimate of drug-likeness (QED) is 0.461. The number of para-hydroxylation sites is 1. The summed E-state index contributed by atoms with van der Waals surface area (Å²) in [5, 5.41) is 4.15. The first-order valence-corrected chi connectivity index (χ1v) is 10.2. The molecule has 26 heavy (non-hydrogen) atoms. The molecule has 2 heteroatoms. The predicted molar refractivity (Wildman–Crippen MR) is 114 cm³/mol. The van der Waals surface area contributed by atoms with E-state index in [4.69, 9.17) is 0 Å². The zero-order valence-electron chi connectivity index (χ0n) is 15.1. The van der Waals surface area contributed by atoms with Crippen molar-refractivity contribution in [3.05, 3.63) is 108 Å². The third-order valence-electron chi connectivity index (χ3n) is 4.66. The minimum Gasteiger partial charge on any atom is -0.318 e. The van der Waals surface area contributed by atoms with E-state index in [1.165, 1.54) is 33.0 Å². The summed E-state index contributed by atoms with van der Waals surface area (Å²) in [5.41, 5.74) is 3.82. The topological polar surface area (TPSA) is 4.93 Å². The Kier molecular flexibility index (Phi) is 4.73. The van der Waals surface area contributed by atoms with Gasteiger partial charge in [0.15, 0.2) is 0 Å². The molecule has 128 valence electrons. The third kappa shape index (κ3) is 3.11. The summed E-state index contributed by atoms with van der Waals surface area (Å²) in [7, 11) is -0.617. The average Bonchev–Trinajstić information content (AvgIpc) is 3.02. The van der Waals surface area contributed by atoms with Crippen molar-refractivity contribution in [2.75, 3.05) is 0 Å². The summed E-state index contributed by atoms with van der Waals surface area (Å²) in [6.07, 6.45) is 0. The molecule has 0 spiro atoms. The van der Waals surface area contributed by atoms with Gasteiger partial charge < -0.3 is 4.57 Å². The lowest BCUT2D eigenvalue weighted by molar-refractivity contribution is 0.972. The number of benzene rings is 3. The van der Waals surface area contributed by atoms with Gasteiger partial charge in [-0.15, -0.1) is 0 Å². The molecule has 0 fully saturated rings. The van der Waals surface area contributed by atoms with Gasteiger partial charge in [0, 0.05) is 16.7 Å². The van der Waals surface area contributed by atoms with Crippen LogP contribution in [0.25, 0.3) is 5.69 Å². The smallest absolute Gasteiger partial charge is 0.0538 e. The lowest BCUT2D eigenvalue weighted by Crippen LogP contribution is -2.24. The fourth-order valence-corrected chi connectivity index (χ4v) is 5.91. The van der Waals surface area contributed by atoms with Crippen molar-refractivity contribution in [1.29, 1.82) is 0 Å². The van der Waals surface area contributed by atoms with Crippen molar-refractivity contribution < 1.29 is 0 Å². The van der Waals surface area contributed by atoms with Crippen LogP contribution in [-0.2, 0) is 0 Å². The summed E-state index contributed by atoms with van der Waals surface area (Å²) in [6, 6.07) is 35.0. The summed E-state index contributed by atoms with van der Waals surface area (Å²) in [6.45, 7) is 4.36. The van der Waals surface area contributed by atoms with Gasteiger partial charge in [0.25, 0.3) is 0 Å². The third-order valence-corrected chi connectivity index (χ3v) is 7.15. The van der Waals surface area contributed by atoms with Gasteiger partial charge >= 0.3 is 0 Å². The Balaban J connectivity index is 1.96. The van der Waals surface area contributed by atoms with E-state index >= 15 is 0 Å². The highest BCUT2D eigenvalue weighted by Gasteiger charge is 2.20. The SMILES string of the molecule is Cc1ccc(C)n1-c1ccccc1P(c1ccccc1)c1ccccc1. The number of aryl methyl sites for hydroxylation is 2. The summed E-state index contributed by atoms with van der Waals surface area (Å²) in [5.74, 6) is 0. The van der Waals surface area contributed by atoms with Crippen LogP contribution >= 0.6 is 7.92 Å². The predicted octanol–water partition coefficient (Wildman–Crippen LogP) is 4.85. The fourth-order valence-electron chi connectivity index (χ4n) is 3.47. The molecule has 0 aliphatic heterocycles. The van der Waals surface area contributed by atoms with Crippen molar-refractivity contribution in [2.24, 2.45) is 0 Å². The van der Waals surface area contributed by atoms with Crippen LogP contribution in [0.2, 0.25) is 0 Å². The number of nitrogens with zero attached hydrogens (tertiary/aromatic N) is 1. The highest BCUT2D eigenvalue weighted by Crippen LogP contribution is 2.35. The van der Waals surface area contributed by atoms with E-state index in [1.807, 2.05) is 0 Å². The van der Waals surface area contributed by atoms with E-state index in [0.717, 1.165) is 0 Å². The molecule has 4 aromatic rings. The second-order valence-corrected chi connectivity index (χ2v) is 8.63. The normalized spacial score (nSPS) is 11.0. The van der Waals surface area contributed by atoms with Crippen LogP contribution in [0.4, 0.5) is 0 Å². The Bertz CT molecular complexity index is 944. The maximum Gasteiger partial charge on any atom is 0.0538 e. The van der Waals surface area contributed by atoms with E-state index in [1.54, 1.807) is 0 Å². The molecule has 0 amide bonds. The van der Waals surface area contributed by atoms with Gasteiger partial charge in [-0.3, -0.25) is 0 Å². The fraction of sp³-hybridized carbons (Fsp3) is 0.0833. The first-order chi connectivity index (χ1) is 12.8. The second kappa shape index (κ2) is 7.32. The molecule has 1 nitrogen and oxygen atoms in total. The molecular formula is C24H22NP. The molecular weight excluding hydrogens is 333 g/mol. The molecule has 0 atom stereocenters. The van der Waals surface area contributed by atoms with E-state index in [0.29, 0.717) is 0 Å².